The number of ether oxygens (including phenoxy) is 1. The Balaban J connectivity index is 2.28. The Hall–Kier alpha value is -1.88. The highest BCUT2D eigenvalue weighted by atomic mass is 16.5. The molecule has 5 heteroatoms. The third-order valence-corrected chi connectivity index (χ3v) is 1.88. The second-order valence-corrected chi connectivity index (χ2v) is 3.19. The van der Waals surface area contributed by atoms with E-state index >= 15 is 0 Å². The van der Waals surface area contributed by atoms with Gasteiger partial charge in [-0.05, 0) is 5.56 Å². The normalized spacial score (nSPS) is 11.8. The number of amides is 1. The molecule has 0 saturated carbocycles. The van der Waals surface area contributed by atoms with Gasteiger partial charge in [-0.3, -0.25) is 0 Å². The second kappa shape index (κ2) is 6.58. The monoisotopic (exact) mass is 223 g/mol. The number of hydrogen-bond acceptors (Lipinski definition) is 3. The lowest BCUT2D eigenvalue weighted by molar-refractivity contribution is -0.110. The van der Waals surface area contributed by atoms with Gasteiger partial charge in [-0.1, -0.05) is 30.3 Å². The average Bonchev–Trinajstić information content (AvgIpc) is 2.28. The number of benzene rings is 1. The van der Waals surface area contributed by atoms with E-state index in [4.69, 9.17) is 9.84 Å². The van der Waals surface area contributed by atoms with Crippen molar-refractivity contribution in [2.45, 2.75) is 12.6 Å². The largest absolute Gasteiger partial charge is 0.465 e. The molecule has 1 rings (SSSR count). The van der Waals surface area contributed by atoms with E-state index in [1.54, 1.807) is 0 Å². The molecule has 5 nitrogen and oxygen atoms in total. The molecule has 16 heavy (non-hydrogen) atoms. The summed E-state index contributed by atoms with van der Waals surface area (Å²) in [5.41, 5.74) is 0.975. The van der Waals surface area contributed by atoms with Crippen LogP contribution in [0.1, 0.15) is 5.56 Å². The number of aldehydes is 1. The standard InChI is InChI=1S/C11H13NO4/c13-6-10(12-11(14)15)8-16-7-9-4-2-1-3-5-9/h1-6,10,12H,7-8H2,(H,14,15). The van der Waals surface area contributed by atoms with Crippen LogP contribution in [0, 0.1) is 0 Å². The molecule has 0 spiro atoms. The van der Waals surface area contributed by atoms with Crippen LogP contribution in [0.4, 0.5) is 4.79 Å². The summed E-state index contributed by atoms with van der Waals surface area (Å²) in [5.74, 6) is 0. The first-order chi connectivity index (χ1) is 7.72. The van der Waals surface area contributed by atoms with Crippen molar-refractivity contribution >= 4 is 12.4 Å². The SMILES string of the molecule is O=CC(COCc1ccccc1)NC(=O)O. The van der Waals surface area contributed by atoms with Crippen LogP contribution in [0.15, 0.2) is 30.3 Å². The van der Waals surface area contributed by atoms with Crippen LogP contribution in [-0.2, 0) is 16.1 Å². The van der Waals surface area contributed by atoms with Gasteiger partial charge in [-0.15, -0.1) is 0 Å². The molecule has 86 valence electrons. The Kier molecular flexibility index (Phi) is 5.01. The van der Waals surface area contributed by atoms with E-state index in [-0.39, 0.29) is 6.61 Å². The maximum Gasteiger partial charge on any atom is 0.405 e. The van der Waals surface area contributed by atoms with Crippen molar-refractivity contribution in [3.05, 3.63) is 35.9 Å². The fraction of sp³-hybridized carbons (Fsp3) is 0.273. The summed E-state index contributed by atoms with van der Waals surface area (Å²) in [6.45, 7) is 0.386. The highest BCUT2D eigenvalue weighted by Crippen LogP contribution is 2.00. The Morgan fingerprint density at radius 1 is 1.44 bits per heavy atom. The van der Waals surface area contributed by atoms with Crippen LogP contribution >= 0.6 is 0 Å². The minimum absolute atomic E-state index is 0.0324. The molecule has 0 heterocycles. The van der Waals surface area contributed by atoms with Crippen molar-refractivity contribution in [1.82, 2.24) is 5.32 Å². The number of nitrogens with one attached hydrogen (secondary N) is 1. The molecule has 0 radical (unpaired) electrons. The van der Waals surface area contributed by atoms with Crippen molar-refractivity contribution in [3.8, 4) is 0 Å². The van der Waals surface area contributed by atoms with Crippen LogP contribution in [0.25, 0.3) is 0 Å². The highest BCUT2D eigenvalue weighted by Gasteiger charge is 2.09. The molecule has 0 aliphatic rings. The third kappa shape index (κ3) is 4.56. The van der Waals surface area contributed by atoms with Crippen molar-refractivity contribution in [2.75, 3.05) is 6.61 Å². The van der Waals surface area contributed by atoms with E-state index in [2.05, 4.69) is 0 Å². The Morgan fingerprint density at radius 3 is 2.69 bits per heavy atom. The van der Waals surface area contributed by atoms with Crippen molar-refractivity contribution < 1.29 is 19.4 Å². The molecule has 1 amide bonds. The summed E-state index contributed by atoms with van der Waals surface area (Å²) in [6, 6.07) is 8.61. The van der Waals surface area contributed by atoms with E-state index in [9.17, 15) is 9.59 Å². The van der Waals surface area contributed by atoms with Crippen LogP contribution < -0.4 is 5.32 Å². The molecule has 0 aliphatic carbocycles. The van der Waals surface area contributed by atoms with Gasteiger partial charge in [0.15, 0.2) is 0 Å². The van der Waals surface area contributed by atoms with Gasteiger partial charge >= 0.3 is 6.09 Å². The van der Waals surface area contributed by atoms with Crippen LogP contribution in [0.5, 0.6) is 0 Å². The van der Waals surface area contributed by atoms with Gasteiger partial charge < -0.3 is 20.0 Å². The lowest BCUT2D eigenvalue weighted by atomic mass is 10.2. The number of carbonyl (C=O) groups is 2. The molecule has 0 aliphatic heterocycles. The minimum Gasteiger partial charge on any atom is -0.465 e. The quantitative estimate of drug-likeness (QED) is 0.706. The number of hydrogen-bond donors (Lipinski definition) is 2. The van der Waals surface area contributed by atoms with Gasteiger partial charge in [-0.25, -0.2) is 4.79 Å². The van der Waals surface area contributed by atoms with Crippen molar-refractivity contribution in [1.29, 1.82) is 0 Å². The zero-order valence-corrected chi connectivity index (χ0v) is 8.63. The number of carboxylic acid groups (broad SMARTS) is 1. The first kappa shape index (κ1) is 12.2. The van der Waals surface area contributed by atoms with Crippen LogP contribution in [0.3, 0.4) is 0 Å². The second-order valence-electron chi connectivity index (χ2n) is 3.19. The summed E-state index contributed by atoms with van der Waals surface area (Å²) >= 11 is 0. The molecule has 1 aromatic rings. The molecule has 1 unspecified atom stereocenters. The predicted octanol–water partition coefficient (Wildman–Crippen LogP) is 1.04. The summed E-state index contributed by atoms with van der Waals surface area (Å²) < 4.78 is 5.22. The summed E-state index contributed by atoms with van der Waals surface area (Å²) in [5, 5.41) is 10.4. The summed E-state index contributed by atoms with van der Waals surface area (Å²) in [7, 11) is 0. The van der Waals surface area contributed by atoms with Gasteiger partial charge in [-0.2, -0.15) is 0 Å². The zero-order chi connectivity index (χ0) is 11.8. The zero-order valence-electron chi connectivity index (χ0n) is 8.63. The molecular weight excluding hydrogens is 210 g/mol. The first-order valence-electron chi connectivity index (χ1n) is 4.79. The molecule has 0 saturated heterocycles. The topological polar surface area (TPSA) is 75.6 Å². The predicted molar refractivity (Wildman–Crippen MR) is 57.1 cm³/mol. The van der Waals surface area contributed by atoms with Gasteiger partial charge in [0.05, 0.1) is 13.2 Å². The molecule has 0 aromatic heterocycles. The fourth-order valence-corrected chi connectivity index (χ4v) is 1.15. The molecule has 1 atom stereocenters. The molecule has 0 fully saturated rings. The third-order valence-electron chi connectivity index (χ3n) is 1.88. The van der Waals surface area contributed by atoms with Crippen LogP contribution in [-0.4, -0.2) is 30.1 Å². The van der Waals surface area contributed by atoms with Gasteiger partial charge in [0, 0.05) is 0 Å². The molecule has 0 bridgehead atoms. The smallest absolute Gasteiger partial charge is 0.405 e. The van der Waals surface area contributed by atoms with Gasteiger partial charge in [0.2, 0.25) is 0 Å². The highest BCUT2D eigenvalue weighted by molar-refractivity contribution is 5.71. The maximum absolute atomic E-state index is 10.5. The first-order valence-corrected chi connectivity index (χ1v) is 4.79. The minimum atomic E-state index is -1.24. The number of carbonyl (C=O) groups excluding carboxylic acids is 1. The van der Waals surface area contributed by atoms with Crippen molar-refractivity contribution in [2.24, 2.45) is 0 Å². The van der Waals surface area contributed by atoms with E-state index < -0.39 is 12.1 Å². The van der Waals surface area contributed by atoms with Crippen LogP contribution in [0.2, 0.25) is 0 Å². The van der Waals surface area contributed by atoms with E-state index in [0.717, 1.165) is 5.56 Å². The molecule has 1 aromatic carbocycles. The van der Waals surface area contributed by atoms with Gasteiger partial charge in [0.25, 0.3) is 0 Å². The van der Waals surface area contributed by atoms with E-state index in [1.165, 1.54) is 0 Å². The fourth-order valence-electron chi connectivity index (χ4n) is 1.15. The van der Waals surface area contributed by atoms with E-state index in [1.807, 2.05) is 35.6 Å². The number of rotatable bonds is 6. The van der Waals surface area contributed by atoms with Gasteiger partial charge in [0.1, 0.15) is 12.3 Å². The Bertz CT molecular complexity index is 339. The average molecular weight is 223 g/mol. The lowest BCUT2D eigenvalue weighted by Crippen LogP contribution is -2.38. The maximum atomic E-state index is 10.5. The Morgan fingerprint density at radius 2 is 2.12 bits per heavy atom. The lowest BCUT2D eigenvalue weighted by Gasteiger charge is -2.10. The van der Waals surface area contributed by atoms with Crippen molar-refractivity contribution in [3.63, 3.8) is 0 Å². The molecule has 2 N–H and O–H groups in total. The summed E-state index contributed by atoms with van der Waals surface area (Å²) in [4.78, 5) is 20.8. The van der Waals surface area contributed by atoms with E-state index in [0.29, 0.717) is 12.9 Å². The molecular formula is C11H13NO4. The Labute approximate surface area is 93.0 Å². The summed E-state index contributed by atoms with van der Waals surface area (Å²) in [6.07, 6.45) is -0.723.